The van der Waals surface area contributed by atoms with Crippen LogP contribution in [0, 0.1) is 5.41 Å². The third-order valence-corrected chi connectivity index (χ3v) is 5.28. The molecule has 26 heavy (non-hydrogen) atoms. The van der Waals surface area contributed by atoms with Crippen molar-refractivity contribution in [1.82, 2.24) is 0 Å². The van der Waals surface area contributed by atoms with Crippen molar-refractivity contribution >= 4 is 33.4 Å². The first-order valence-corrected chi connectivity index (χ1v) is 9.37. The molecule has 0 bridgehead atoms. The summed E-state index contributed by atoms with van der Waals surface area (Å²) < 4.78 is 12.6. The molecule has 4 rings (SSSR count). The third kappa shape index (κ3) is 3.21. The molecule has 0 saturated carbocycles. The molecular weight excluding hydrogens is 390 g/mol. The Morgan fingerprint density at radius 3 is 2.58 bits per heavy atom. The summed E-state index contributed by atoms with van der Waals surface area (Å²) in [6.45, 7) is 4.47. The van der Waals surface area contributed by atoms with Crippen LogP contribution in [0.5, 0.6) is 11.5 Å². The average molecular weight is 410 g/mol. The Bertz CT molecular complexity index is 953. The van der Waals surface area contributed by atoms with Crippen LogP contribution in [0.4, 0.5) is 5.69 Å². The van der Waals surface area contributed by atoms with Gasteiger partial charge >= 0.3 is 0 Å². The number of hydrogen-bond donors (Lipinski definition) is 0. The summed E-state index contributed by atoms with van der Waals surface area (Å²) in [7, 11) is 1.68. The molecule has 2 aromatic carbocycles. The van der Waals surface area contributed by atoms with Gasteiger partial charge in [-0.3, -0.25) is 4.99 Å². The van der Waals surface area contributed by atoms with Gasteiger partial charge in [0.15, 0.2) is 0 Å². The third-order valence-electron chi connectivity index (χ3n) is 4.75. The van der Waals surface area contributed by atoms with Crippen LogP contribution in [0.15, 0.2) is 69.3 Å². The molecule has 0 radical (unpaired) electrons. The fourth-order valence-electron chi connectivity index (χ4n) is 3.40. The Morgan fingerprint density at radius 2 is 1.85 bits per heavy atom. The Kier molecular flexibility index (Phi) is 4.23. The molecule has 132 valence electrons. The largest absolute Gasteiger partial charge is 0.497 e. The van der Waals surface area contributed by atoms with Crippen molar-refractivity contribution in [3.05, 3.63) is 69.9 Å². The standard InChI is InChI=1S/C22H20BrNO2/c1-22(2)13-17(24-16-6-4-15(23)5-7-16)12-21-19(22)11-14-10-18(25-3)8-9-20(14)26-21/h4-12H,13H2,1-3H3. The number of aliphatic imine (C=N–C) groups is 1. The van der Waals surface area contributed by atoms with E-state index >= 15 is 0 Å². The molecule has 2 aromatic rings. The lowest BCUT2D eigenvalue weighted by Gasteiger charge is -2.36. The number of nitrogens with zero attached hydrogens (tertiary/aromatic N) is 1. The van der Waals surface area contributed by atoms with Crippen LogP contribution in [-0.4, -0.2) is 12.8 Å². The minimum absolute atomic E-state index is 0.0565. The van der Waals surface area contributed by atoms with E-state index in [0.29, 0.717) is 0 Å². The highest BCUT2D eigenvalue weighted by molar-refractivity contribution is 9.10. The zero-order chi connectivity index (χ0) is 18.3. The van der Waals surface area contributed by atoms with Gasteiger partial charge in [0.25, 0.3) is 0 Å². The lowest BCUT2D eigenvalue weighted by molar-refractivity contribution is 0.367. The Morgan fingerprint density at radius 1 is 1.08 bits per heavy atom. The number of rotatable bonds is 2. The predicted molar refractivity (Wildman–Crippen MR) is 109 cm³/mol. The second-order valence-corrected chi connectivity index (χ2v) is 8.13. The summed E-state index contributed by atoms with van der Waals surface area (Å²) in [5.74, 6) is 2.57. The summed E-state index contributed by atoms with van der Waals surface area (Å²) in [6, 6.07) is 13.9. The molecule has 3 nitrogen and oxygen atoms in total. The van der Waals surface area contributed by atoms with Crippen molar-refractivity contribution < 1.29 is 9.47 Å². The van der Waals surface area contributed by atoms with E-state index in [1.54, 1.807) is 7.11 Å². The highest BCUT2D eigenvalue weighted by Crippen LogP contribution is 2.46. The molecule has 2 aliphatic rings. The molecule has 4 heteroatoms. The quantitative estimate of drug-likeness (QED) is 0.580. The average Bonchev–Trinajstić information content (AvgIpc) is 2.61. The van der Waals surface area contributed by atoms with Crippen LogP contribution in [0.25, 0.3) is 6.08 Å². The first-order chi connectivity index (χ1) is 12.4. The van der Waals surface area contributed by atoms with Crippen LogP contribution in [0.3, 0.4) is 0 Å². The van der Waals surface area contributed by atoms with Crippen LogP contribution in [-0.2, 0) is 0 Å². The molecule has 0 unspecified atom stereocenters. The summed E-state index contributed by atoms with van der Waals surface area (Å²) in [5, 5.41) is 0. The van der Waals surface area contributed by atoms with Gasteiger partial charge < -0.3 is 9.47 Å². The van der Waals surface area contributed by atoms with E-state index in [1.807, 2.05) is 42.5 Å². The second-order valence-electron chi connectivity index (χ2n) is 7.21. The number of hydrogen-bond acceptors (Lipinski definition) is 3. The van der Waals surface area contributed by atoms with E-state index < -0.39 is 0 Å². The Hall–Kier alpha value is -2.33. The van der Waals surface area contributed by atoms with Gasteiger partial charge in [0.05, 0.1) is 12.8 Å². The number of halogens is 1. The van der Waals surface area contributed by atoms with Crippen molar-refractivity contribution in [3.63, 3.8) is 0 Å². The normalized spacial score (nSPS) is 19.0. The van der Waals surface area contributed by atoms with Crippen LogP contribution >= 0.6 is 15.9 Å². The van der Waals surface area contributed by atoms with Crippen molar-refractivity contribution in [2.75, 3.05) is 7.11 Å². The molecule has 1 aliphatic heterocycles. The fraction of sp³-hybridized carbons (Fsp3) is 0.227. The molecule has 0 saturated heterocycles. The number of benzene rings is 2. The number of methoxy groups -OCH3 is 1. The lowest BCUT2D eigenvalue weighted by atomic mass is 9.73. The van der Waals surface area contributed by atoms with Gasteiger partial charge in [0.1, 0.15) is 17.3 Å². The molecule has 1 heterocycles. The van der Waals surface area contributed by atoms with E-state index in [2.05, 4.69) is 41.9 Å². The predicted octanol–water partition coefficient (Wildman–Crippen LogP) is 6.32. The molecule has 0 N–H and O–H groups in total. The first-order valence-electron chi connectivity index (χ1n) is 8.58. The molecule has 0 amide bonds. The number of ether oxygens (including phenoxy) is 2. The minimum atomic E-state index is -0.0565. The van der Waals surface area contributed by atoms with E-state index in [0.717, 1.165) is 45.1 Å². The van der Waals surface area contributed by atoms with Gasteiger partial charge in [-0.15, -0.1) is 0 Å². The lowest BCUT2D eigenvalue weighted by Crippen LogP contribution is -2.28. The summed E-state index contributed by atoms with van der Waals surface area (Å²) >= 11 is 3.46. The van der Waals surface area contributed by atoms with Crippen molar-refractivity contribution in [3.8, 4) is 11.5 Å². The number of fused-ring (bicyclic) bond motifs is 2. The highest BCUT2D eigenvalue weighted by Gasteiger charge is 2.35. The topological polar surface area (TPSA) is 30.8 Å². The van der Waals surface area contributed by atoms with Gasteiger partial charge in [-0.1, -0.05) is 29.8 Å². The SMILES string of the molecule is COc1ccc2c(c1)C=C1C(=CC(=Nc3ccc(Br)cc3)CC1(C)C)O2. The van der Waals surface area contributed by atoms with Gasteiger partial charge in [0, 0.05) is 27.4 Å². The zero-order valence-electron chi connectivity index (χ0n) is 15.0. The van der Waals surface area contributed by atoms with Crippen LogP contribution < -0.4 is 9.47 Å². The summed E-state index contributed by atoms with van der Waals surface area (Å²) in [4.78, 5) is 4.82. The van der Waals surface area contributed by atoms with Gasteiger partial charge in [-0.2, -0.15) is 0 Å². The van der Waals surface area contributed by atoms with Gasteiger partial charge in [-0.25, -0.2) is 0 Å². The first kappa shape index (κ1) is 17.1. The number of allylic oxidation sites excluding steroid dienone is 2. The Balaban J connectivity index is 1.75. The fourth-order valence-corrected chi connectivity index (χ4v) is 3.66. The van der Waals surface area contributed by atoms with Crippen molar-refractivity contribution in [2.45, 2.75) is 20.3 Å². The molecule has 1 aliphatic carbocycles. The maximum Gasteiger partial charge on any atom is 0.134 e. The van der Waals surface area contributed by atoms with E-state index in [4.69, 9.17) is 14.5 Å². The van der Waals surface area contributed by atoms with E-state index in [1.165, 1.54) is 5.57 Å². The summed E-state index contributed by atoms with van der Waals surface area (Å²) in [5.41, 5.74) is 4.18. The molecule has 0 spiro atoms. The monoisotopic (exact) mass is 409 g/mol. The smallest absolute Gasteiger partial charge is 0.134 e. The molecule has 0 aromatic heterocycles. The van der Waals surface area contributed by atoms with Crippen molar-refractivity contribution in [1.29, 1.82) is 0 Å². The van der Waals surface area contributed by atoms with Crippen LogP contribution in [0.1, 0.15) is 25.8 Å². The molecular formula is C22H20BrNO2. The highest BCUT2D eigenvalue weighted by atomic mass is 79.9. The summed E-state index contributed by atoms with van der Waals surface area (Å²) in [6.07, 6.45) is 5.14. The second kappa shape index (κ2) is 6.44. The molecule has 0 atom stereocenters. The zero-order valence-corrected chi connectivity index (χ0v) is 16.6. The van der Waals surface area contributed by atoms with Gasteiger partial charge in [-0.05, 0) is 60.4 Å². The minimum Gasteiger partial charge on any atom is -0.497 e. The van der Waals surface area contributed by atoms with E-state index in [-0.39, 0.29) is 5.41 Å². The molecule has 0 fully saturated rings. The van der Waals surface area contributed by atoms with Crippen molar-refractivity contribution in [2.24, 2.45) is 10.4 Å². The maximum atomic E-state index is 6.21. The van der Waals surface area contributed by atoms with E-state index in [9.17, 15) is 0 Å². The maximum absolute atomic E-state index is 6.21. The Labute approximate surface area is 162 Å². The van der Waals surface area contributed by atoms with Gasteiger partial charge in [0.2, 0.25) is 0 Å². The van der Waals surface area contributed by atoms with Crippen LogP contribution in [0.2, 0.25) is 0 Å².